The molecule has 26 heavy (non-hydrogen) atoms. The number of rotatable bonds is 5. The standard InChI is InChI=1S/C23H23NOS/c1-5-18-15-19(14-17-8-11-21(12-9-17)26(4)25)22-13-10-20(16-23(18)22)24(6-2)7-3/h1,8-16H,6-7H2,2-4H3. The third kappa shape index (κ3) is 3.52. The number of hydrogen-bond donors (Lipinski definition) is 0. The Morgan fingerprint density at radius 1 is 1.08 bits per heavy atom. The molecule has 0 radical (unpaired) electrons. The average molecular weight is 362 g/mol. The topological polar surface area (TPSA) is 20.3 Å². The molecule has 0 aliphatic heterocycles. The second-order valence-corrected chi connectivity index (χ2v) is 7.61. The summed E-state index contributed by atoms with van der Waals surface area (Å²) in [5.74, 6) is 2.82. The molecule has 0 bridgehead atoms. The molecule has 0 saturated carbocycles. The van der Waals surface area contributed by atoms with E-state index in [1.807, 2.05) is 24.3 Å². The maximum absolute atomic E-state index is 11.5. The molecular formula is C23H23NOS. The summed E-state index contributed by atoms with van der Waals surface area (Å²) in [4.78, 5) is 3.15. The Bertz CT molecular complexity index is 941. The number of fused-ring (bicyclic) bond motifs is 1. The molecule has 1 aliphatic rings. The highest BCUT2D eigenvalue weighted by Gasteiger charge is 2.18. The molecule has 1 atom stereocenters. The van der Waals surface area contributed by atoms with Crippen LogP contribution in [0.2, 0.25) is 0 Å². The summed E-state index contributed by atoms with van der Waals surface area (Å²) in [5, 5.41) is 0. The lowest BCUT2D eigenvalue weighted by Gasteiger charge is -2.22. The first-order valence-electron chi connectivity index (χ1n) is 8.80. The predicted octanol–water partition coefficient (Wildman–Crippen LogP) is 4.84. The molecule has 0 fully saturated rings. The van der Waals surface area contributed by atoms with Gasteiger partial charge in [0.2, 0.25) is 0 Å². The van der Waals surface area contributed by atoms with E-state index in [1.54, 1.807) is 6.26 Å². The van der Waals surface area contributed by atoms with E-state index >= 15 is 0 Å². The number of anilines is 1. The van der Waals surface area contributed by atoms with Gasteiger partial charge in [-0.1, -0.05) is 24.1 Å². The summed E-state index contributed by atoms with van der Waals surface area (Å²) < 4.78 is 11.5. The molecule has 0 N–H and O–H groups in total. The Kier molecular flexibility index (Phi) is 5.44. The number of allylic oxidation sites excluding steroid dienone is 3. The van der Waals surface area contributed by atoms with Gasteiger partial charge < -0.3 is 4.90 Å². The molecular weight excluding hydrogens is 338 g/mol. The van der Waals surface area contributed by atoms with Gasteiger partial charge in [-0.15, -0.1) is 6.42 Å². The van der Waals surface area contributed by atoms with Gasteiger partial charge >= 0.3 is 0 Å². The van der Waals surface area contributed by atoms with Crippen LogP contribution in [0, 0.1) is 12.3 Å². The summed E-state index contributed by atoms with van der Waals surface area (Å²) in [6.07, 6.45) is 11.6. The van der Waals surface area contributed by atoms with E-state index in [9.17, 15) is 4.21 Å². The maximum atomic E-state index is 11.5. The molecule has 0 aromatic heterocycles. The van der Waals surface area contributed by atoms with Crippen molar-refractivity contribution in [1.82, 2.24) is 0 Å². The highest BCUT2D eigenvalue weighted by molar-refractivity contribution is 7.84. The minimum Gasteiger partial charge on any atom is -0.372 e. The second kappa shape index (κ2) is 7.76. The predicted molar refractivity (Wildman–Crippen MR) is 113 cm³/mol. The van der Waals surface area contributed by atoms with E-state index in [0.29, 0.717) is 0 Å². The zero-order chi connectivity index (χ0) is 18.7. The van der Waals surface area contributed by atoms with E-state index in [2.05, 4.69) is 55.0 Å². The monoisotopic (exact) mass is 361 g/mol. The zero-order valence-electron chi connectivity index (χ0n) is 15.5. The second-order valence-electron chi connectivity index (χ2n) is 6.23. The molecule has 2 aromatic carbocycles. The largest absolute Gasteiger partial charge is 0.372 e. The van der Waals surface area contributed by atoms with Crippen LogP contribution in [0.25, 0.3) is 17.2 Å². The van der Waals surface area contributed by atoms with Crippen molar-refractivity contribution in [3.63, 3.8) is 0 Å². The molecule has 1 unspecified atom stereocenters. The quantitative estimate of drug-likeness (QED) is 0.710. The van der Waals surface area contributed by atoms with Crippen LogP contribution in [0.4, 0.5) is 5.69 Å². The first-order valence-corrected chi connectivity index (χ1v) is 10.4. The van der Waals surface area contributed by atoms with Gasteiger partial charge in [-0.2, -0.15) is 0 Å². The van der Waals surface area contributed by atoms with Crippen molar-refractivity contribution in [2.45, 2.75) is 18.7 Å². The van der Waals surface area contributed by atoms with Gasteiger partial charge in [0.1, 0.15) is 0 Å². The molecule has 3 rings (SSSR count). The van der Waals surface area contributed by atoms with Gasteiger partial charge in [-0.05, 0) is 72.5 Å². The highest BCUT2D eigenvalue weighted by Crippen LogP contribution is 2.38. The molecule has 3 heteroatoms. The number of benzene rings is 2. The van der Waals surface area contributed by atoms with Gasteiger partial charge in [0, 0.05) is 46.3 Å². The van der Waals surface area contributed by atoms with Crippen LogP contribution in [-0.2, 0) is 10.8 Å². The first-order chi connectivity index (χ1) is 12.6. The van der Waals surface area contributed by atoms with Gasteiger partial charge in [0.05, 0.1) is 0 Å². The number of terminal acetylenes is 1. The molecule has 2 nitrogen and oxygen atoms in total. The fourth-order valence-electron chi connectivity index (χ4n) is 3.28. The summed E-state index contributed by atoms with van der Waals surface area (Å²) in [7, 11) is -0.958. The van der Waals surface area contributed by atoms with E-state index in [0.717, 1.165) is 45.8 Å². The van der Waals surface area contributed by atoms with Crippen LogP contribution in [0.15, 0.2) is 53.4 Å². The minimum absolute atomic E-state index is 0.836. The molecule has 132 valence electrons. The summed E-state index contributed by atoms with van der Waals surface area (Å²) in [6.45, 7) is 6.26. The Labute approximate surface area is 158 Å². The highest BCUT2D eigenvalue weighted by atomic mass is 32.2. The summed E-state index contributed by atoms with van der Waals surface area (Å²) >= 11 is 0. The summed E-state index contributed by atoms with van der Waals surface area (Å²) in [5.41, 5.74) is 6.59. The van der Waals surface area contributed by atoms with Crippen LogP contribution in [0.3, 0.4) is 0 Å². The molecule has 1 aliphatic carbocycles. The molecule has 0 amide bonds. The molecule has 0 saturated heterocycles. The third-order valence-corrected chi connectivity index (χ3v) is 5.66. The van der Waals surface area contributed by atoms with Crippen molar-refractivity contribution in [1.29, 1.82) is 0 Å². The lowest BCUT2D eigenvalue weighted by atomic mass is 10.0. The lowest BCUT2D eigenvalue weighted by molar-refractivity contribution is 0.687. The van der Waals surface area contributed by atoms with Gasteiger partial charge in [0.25, 0.3) is 0 Å². The smallest absolute Gasteiger partial charge is 0.0498 e. The van der Waals surface area contributed by atoms with Crippen LogP contribution < -0.4 is 4.90 Å². The van der Waals surface area contributed by atoms with Crippen molar-refractivity contribution in [2.75, 3.05) is 24.2 Å². The van der Waals surface area contributed by atoms with Crippen molar-refractivity contribution >= 4 is 33.7 Å². The Morgan fingerprint density at radius 3 is 2.35 bits per heavy atom. The Balaban J connectivity index is 2.01. The van der Waals surface area contributed by atoms with Crippen molar-refractivity contribution in [3.05, 3.63) is 65.2 Å². The van der Waals surface area contributed by atoms with Gasteiger partial charge in [-0.25, -0.2) is 0 Å². The lowest BCUT2D eigenvalue weighted by Crippen LogP contribution is -2.21. The van der Waals surface area contributed by atoms with E-state index in [1.165, 1.54) is 5.69 Å². The normalized spacial score (nSPS) is 15.3. The Hall–Kier alpha value is -2.57. The Morgan fingerprint density at radius 2 is 1.77 bits per heavy atom. The maximum Gasteiger partial charge on any atom is 0.0498 e. The third-order valence-electron chi connectivity index (χ3n) is 4.72. The fraction of sp³-hybridized carbons (Fsp3) is 0.217. The molecule has 2 aromatic rings. The summed E-state index contributed by atoms with van der Waals surface area (Å²) in [6, 6.07) is 14.3. The van der Waals surface area contributed by atoms with Gasteiger partial charge in [0.15, 0.2) is 0 Å². The zero-order valence-corrected chi connectivity index (χ0v) is 16.3. The van der Waals surface area contributed by atoms with Crippen molar-refractivity contribution < 1.29 is 4.21 Å². The van der Waals surface area contributed by atoms with Crippen molar-refractivity contribution in [2.24, 2.45) is 0 Å². The van der Waals surface area contributed by atoms with E-state index in [4.69, 9.17) is 6.42 Å². The first kappa shape index (κ1) is 18.2. The average Bonchev–Trinajstić information content (AvgIpc) is 3.00. The SMILES string of the molecule is C#CC1=CC(=Cc2ccc(S(C)=O)cc2)c2ccc(N(CC)CC)cc21. The van der Waals surface area contributed by atoms with E-state index < -0.39 is 10.8 Å². The van der Waals surface area contributed by atoms with Crippen molar-refractivity contribution in [3.8, 4) is 12.3 Å². The molecule has 0 heterocycles. The van der Waals surface area contributed by atoms with Crippen LogP contribution in [0.1, 0.15) is 30.5 Å². The minimum atomic E-state index is -0.958. The van der Waals surface area contributed by atoms with Crippen LogP contribution >= 0.6 is 0 Å². The molecule has 0 spiro atoms. The van der Waals surface area contributed by atoms with Crippen LogP contribution in [0.5, 0.6) is 0 Å². The fourth-order valence-corrected chi connectivity index (χ4v) is 3.80. The van der Waals surface area contributed by atoms with Gasteiger partial charge in [-0.3, -0.25) is 4.21 Å². The number of nitrogens with zero attached hydrogens (tertiary/aromatic N) is 1. The van der Waals surface area contributed by atoms with Crippen LogP contribution in [-0.4, -0.2) is 23.6 Å². The van der Waals surface area contributed by atoms with E-state index in [-0.39, 0.29) is 0 Å². The number of hydrogen-bond acceptors (Lipinski definition) is 2.